The van der Waals surface area contributed by atoms with E-state index in [0.717, 1.165) is 11.6 Å². The molecule has 2 aromatic rings. The molecule has 1 N–H and O–H groups in total. The number of hydrogen-bond donors (Lipinski definition) is 1. The quantitative estimate of drug-likeness (QED) is 0.788. The first-order valence-corrected chi connectivity index (χ1v) is 7.49. The Morgan fingerprint density at radius 3 is 2.42 bits per heavy atom. The molecule has 1 aromatic carbocycles. The number of alkyl halides is 3. The topological polar surface area (TPSA) is 77.4 Å². The lowest BCUT2D eigenvalue weighted by Crippen LogP contribution is -2.35. The minimum atomic E-state index is -4.63. The monoisotopic (exact) mass is 368 g/mol. The van der Waals surface area contributed by atoms with Gasteiger partial charge in [0.15, 0.2) is 0 Å². The lowest BCUT2D eigenvalue weighted by atomic mass is 10.2. The fourth-order valence-corrected chi connectivity index (χ4v) is 1.99. The zero-order valence-corrected chi connectivity index (χ0v) is 13.5. The molecule has 1 amide bonds. The lowest BCUT2D eigenvalue weighted by Gasteiger charge is -2.11. The van der Waals surface area contributed by atoms with E-state index >= 15 is 0 Å². The van der Waals surface area contributed by atoms with E-state index in [4.69, 9.17) is 4.74 Å². The smallest absolute Gasteiger partial charge is 0.417 e. The second-order valence-corrected chi connectivity index (χ2v) is 5.30. The Hall–Kier alpha value is -3.10. The van der Waals surface area contributed by atoms with Gasteiger partial charge >= 0.3 is 12.1 Å². The molecule has 0 radical (unpaired) electrons. The molecule has 0 fully saturated rings. The first kappa shape index (κ1) is 19.2. The maximum Gasteiger partial charge on any atom is 0.417 e. The number of ether oxygens (including phenoxy) is 1. The molecule has 1 aromatic heterocycles. The molecular weight excluding hydrogens is 353 g/mol. The molecule has 0 saturated carbocycles. The van der Waals surface area contributed by atoms with Crippen molar-refractivity contribution in [3.05, 3.63) is 70.1 Å². The van der Waals surface area contributed by atoms with Crippen LogP contribution in [0, 0.1) is 0 Å². The maximum absolute atomic E-state index is 12.6. The summed E-state index contributed by atoms with van der Waals surface area (Å²) in [4.78, 5) is 34.9. The number of carbonyl (C=O) groups excluding carboxylic acids is 2. The van der Waals surface area contributed by atoms with E-state index < -0.39 is 42.3 Å². The van der Waals surface area contributed by atoms with Crippen LogP contribution >= 0.6 is 0 Å². The van der Waals surface area contributed by atoms with Crippen LogP contribution in [-0.4, -0.2) is 23.0 Å². The van der Waals surface area contributed by atoms with Crippen molar-refractivity contribution in [3.8, 4) is 0 Å². The van der Waals surface area contributed by atoms with Crippen LogP contribution in [0.4, 0.5) is 13.2 Å². The summed E-state index contributed by atoms with van der Waals surface area (Å²) in [5, 5.41) is 2.20. The van der Waals surface area contributed by atoms with E-state index in [0.29, 0.717) is 16.8 Å². The Labute approximate surface area is 146 Å². The Balaban J connectivity index is 1.85. The zero-order valence-electron chi connectivity index (χ0n) is 13.5. The third kappa shape index (κ3) is 5.76. The lowest BCUT2D eigenvalue weighted by molar-refractivity contribution is -0.145. The van der Waals surface area contributed by atoms with Gasteiger partial charge < -0.3 is 14.6 Å². The summed E-state index contributed by atoms with van der Waals surface area (Å²) in [6.45, 7) is -1.07. The number of nitrogens with one attached hydrogen (secondary N) is 1. The van der Waals surface area contributed by atoms with Crippen molar-refractivity contribution in [2.75, 3.05) is 6.54 Å². The highest BCUT2D eigenvalue weighted by Crippen LogP contribution is 2.27. The largest absolute Gasteiger partial charge is 0.460 e. The van der Waals surface area contributed by atoms with E-state index in [1.165, 1.54) is 0 Å². The van der Waals surface area contributed by atoms with Gasteiger partial charge in [-0.05, 0) is 11.6 Å². The molecule has 0 aliphatic carbocycles. The van der Waals surface area contributed by atoms with Crippen molar-refractivity contribution in [2.24, 2.45) is 0 Å². The highest BCUT2D eigenvalue weighted by atomic mass is 19.4. The fourth-order valence-electron chi connectivity index (χ4n) is 1.99. The summed E-state index contributed by atoms with van der Waals surface area (Å²) in [5.41, 5.74) is -1.05. The predicted molar refractivity (Wildman–Crippen MR) is 85.0 cm³/mol. The van der Waals surface area contributed by atoms with Gasteiger partial charge in [0.25, 0.3) is 5.56 Å². The van der Waals surface area contributed by atoms with Crippen LogP contribution in [0.5, 0.6) is 0 Å². The van der Waals surface area contributed by atoms with Gasteiger partial charge in [-0.2, -0.15) is 13.2 Å². The van der Waals surface area contributed by atoms with Crippen molar-refractivity contribution >= 4 is 11.9 Å². The van der Waals surface area contributed by atoms with Crippen molar-refractivity contribution in [3.63, 3.8) is 0 Å². The number of amides is 1. The minimum Gasteiger partial charge on any atom is -0.460 e. The molecule has 0 aliphatic heterocycles. The van der Waals surface area contributed by atoms with E-state index in [9.17, 15) is 27.6 Å². The Bertz CT molecular complexity index is 832. The SMILES string of the molecule is O=C(Cn1cc(C(F)(F)F)ccc1=O)NCC(=O)OCc1ccccc1. The number of nitrogens with zero attached hydrogens (tertiary/aromatic N) is 1. The highest BCUT2D eigenvalue weighted by Gasteiger charge is 2.31. The van der Waals surface area contributed by atoms with Crippen LogP contribution in [-0.2, 0) is 33.7 Å². The first-order chi connectivity index (χ1) is 12.3. The van der Waals surface area contributed by atoms with Crippen LogP contribution in [0.1, 0.15) is 11.1 Å². The van der Waals surface area contributed by atoms with Gasteiger partial charge in [0, 0.05) is 12.3 Å². The number of rotatable bonds is 6. The Kier molecular flexibility index (Phi) is 6.16. The van der Waals surface area contributed by atoms with Crippen molar-refractivity contribution in [1.29, 1.82) is 0 Å². The van der Waals surface area contributed by atoms with Gasteiger partial charge in [-0.15, -0.1) is 0 Å². The van der Waals surface area contributed by atoms with Crippen LogP contribution in [0.3, 0.4) is 0 Å². The second kappa shape index (κ2) is 8.32. The van der Waals surface area contributed by atoms with Crippen molar-refractivity contribution in [1.82, 2.24) is 9.88 Å². The minimum absolute atomic E-state index is 0.0304. The molecule has 1 heterocycles. The maximum atomic E-state index is 12.6. The molecule has 0 saturated heterocycles. The van der Waals surface area contributed by atoms with Crippen LogP contribution in [0.25, 0.3) is 0 Å². The summed E-state index contributed by atoms with van der Waals surface area (Å²) in [7, 11) is 0. The molecule has 0 unspecified atom stereocenters. The summed E-state index contributed by atoms with van der Waals surface area (Å²) in [6.07, 6.45) is -4.08. The average Bonchev–Trinajstić information content (AvgIpc) is 2.60. The van der Waals surface area contributed by atoms with Crippen molar-refractivity contribution in [2.45, 2.75) is 19.3 Å². The number of aromatic nitrogens is 1. The number of esters is 1. The first-order valence-electron chi connectivity index (χ1n) is 7.49. The van der Waals surface area contributed by atoms with Gasteiger partial charge in [-0.25, -0.2) is 0 Å². The summed E-state index contributed by atoms with van der Waals surface area (Å²) < 4.78 is 43.5. The highest BCUT2D eigenvalue weighted by molar-refractivity contribution is 5.81. The number of carbonyl (C=O) groups is 2. The van der Waals surface area contributed by atoms with Gasteiger partial charge in [0.05, 0.1) is 5.56 Å². The molecule has 2 rings (SSSR count). The van der Waals surface area contributed by atoms with Crippen LogP contribution in [0.2, 0.25) is 0 Å². The zero-order chi connectivity index (χ0) is 19.2. The predicted octanol–water partition coefficient (Wildman–Crippen LogP) is 1.73. The van der Waals surface area contributed by atoms with Crippen molar-refractivity contribution < 1.29 is 27.5 Å². The van der Waals surface area contributed by atoms with Gasteiger partial charge in [-0.1, -0.05) is 30.3 Å². The molecule has 0 atom stereocenters. The molecule has 0 aliphatic rings. The molecule has 9 heteroatoms. The summed E-state index contributed by atoms with van der Waals surface area (Å²) >= 11 is 0. The standard InChI is InChI=1S/C17H15F3N2O4/c18-17(19,20)13-6-7-15(24)22(9-13)10-14(23)21-8-16(25)26-11-12-4-2-1-3-5-12/h1-7,9H,8,10-11H2,(H,21,23). The van der Waals surface area contributed by atoms with Gasteiger partial charge in [0.2, 0.25) is 5.91 Å². The number of hydrogen-bond acceptors (Lipinski definition) is 4. The Morgan fingerprint density at radius 1 is 1.08 bits per heavy atom. The third-order valence-corrected chi connectivity index (χ3v) is 3.30. The van der Waals surface area contributed by atoms with Crippen LogP contribution < -0.4 is 10.9 Å². The fraction of sp³-hybridized carbons (Fsp3) is 0.235. The van der Waals surface area contributed by atoms with Gasteiger partial charge in [-0.3, -0.25) is 14.4 Å². The molecule has 0 bridgehead atoms. The molecule has 6 nitrogen and oxygen atoms in total. The average molecular weight is 368 g/mol. The third-order valence-electron chi connectivity index (χ3n) is 3.30. The molecular formula is C17H15F3N2O4. The van der Waals surface area contributed by atoms with E-state index in [1.54, 1.807) is 30.3 Å². The summed E-state index contributed by atoms with van der Waals surface area (Å²) in [5.74, 6) is -1.50. The molecule has 0 spiro atoms. The summed E-state index contributed by atoms with van der Waals surface area (Å²) in [6, 6.07) is 10.2. The Morgan fingerprint density at radius 2 is 1.77 bits per heavy atom. The number of benzene rings is 1. The van der Waals surface area contributed by atoms with E-state index in [1.807, 2.05) is 0 Å². The normalized spacial score (nSPS) is 11.0. The molecule has 26 heavy (non-hydrogen) atoms. The van der Waals surface area contributed by atoms with Gasteiger partial charge in [0.1, 0.15) is 19.7 Å². The van der Waals surface area contributed by atoms with Crippen LogP contribution in [0.15, 0.2) is 53.5 Å². The number of pyridine rings is 1. The second-order valence-electron chi connectivity index (χ2n) is 5.30. The molecule has 138 valence electrons. The van der Waals surface area contributed by atoms with E-state index in [2.05, 4.69) is 5.32 Å². The van der Waals surface area contributed by atoms with E-state index in [-0.39, 0.29) is 6.61 Å². The number of halogens is 3.